The summed E-state index contributed by atoms with van der Waals surface area (Å²) in [6.45, 7) is 2.62. The highest BCUT2D eigenvalue weighted by atomic mass is 16.2. The third-order valence-corrected chi connectivity index (χ3v) is 2.30. The SMILES string of the molecule is CCn1cc(N)cc1C(=O)Nc1cccnn1. The van der Waals surface area contributed by atoms with Crippen LogP contribution in [0.15, 0.2) is 30.6 Å². The van der Waals surface area contributed by atoms with Gasteiger partial charge in [0.2, 0.25) is 0 Å². The van der Waals surface area contributed by atoms with E-state index in [0.717, 1.165) is 0 Å². The molecule has 0 radical (unpaired) electrons. The maximum atomic E-state index is 12.0. The molecular formula is C11H13N5O. The van der Waals surface area contributed by atoms with E-state index >= 15 is 0 Å². The Balaban J connectivity index is 2.20. The minimum atomic E-state index is -0.246. The topological polar surface area (TPSA) is 85.8 Å². The summed E-state index contributed by atoms with van der Waals surface area (Å²) < 4.78 is 1.78. The standard InChI is InChI=1S/C11H13N5O/c1-2-16-7-8(12)6-9(16)11(17)14-10-4-3-5-13-15-10/h3-7H,2,12H2,1H3,(H,14,15,17). The predicted octanol–water partition coefficient (Wildman–Crippen LogP) is 1.13. The Morgan fingerprint density at radius 3 is 3.06 bits per heavy atom. The Bertz CT molecular complexity index is 520. The van der Waals surface area contributed by atoms with Crippen molar-refractivity contribution >= 4 is 17.4 Å². The number of rotatable bonds is 3. The third-order valence-electron chi connectivity index (χ3n) is 2.30. The van der Waals surface area contributed by atoms with Gasteiger partial charge in [-0.3, -0.25) is 4.79 Å². The van der Waals surface area contributed by atoms with Crippen LogP contribution < -0.4 is 11.1 Å². The molecule has 2 aromatic rings. The molecule has 0 saturated heterocycles. The molecule has 17 heavy (non-hydrogen) atoms. The monoisotopic (exact) mass is 231 g/mol. The first kappa shape index (κ1) is 11.1. The van der Waals surface area contributed by atoms with Crippen LogP contribution in [0.4, 0.5) is 11.5 Å². The first-order valence-corrected chi connectivity index (χ1v) is 5.25. The number of hydrogen-bond donors (Lipinski definition) is 2. The molecule has 2 rings (SSSR count). The van der Waals surface area contributed by atoms with E-state index in [2.05, 4.69) is 15.5 Å². The summed E-state index contributed by atoms with van der Waals surface area (Å²) in [7, 11) is 0. The first-order valence-electron chi connectivity index (χ1n) is 5.25. The first-order chi connectivity index (χ1) is 8.20. The van der Waals surface area contributed by atoms with E-state index in [1.807, 2.05) is 6.92 Å². The number of nitrogens with zero attached hydrogens (tertiary/aromatic N) is 3. The Morgan fingerprint density at radius 2 is 2.41 bits per heavy atom. The molecular weight excluding hydrogens is 218 g/mol. The minimum absolute atomic E-state index is 0.246. The summed E-state index contributed by atoms with van der Waals surface area (Å²) >= 11 is 0. The number of nitrogens with two attached hydrogens (primary N) is 1. The molecule has 0 aliphatic rings. The highest BCUT2D eigenvalue weighted by molar-refractivity contribution is 6.03. The molecule has 3 N–H and O–H groups in total. The third kappa shape index (κ3) is 2.41. The van der Waals surface area contributed by atoms with Crippen molar-refractivity contribution in [2.45, 2.75) is 13.5 Å². The number of nitrogens with one attached hydrogen (secondary N) is 1. The van der Waals surface area contributed by atoms with Crippen LogP contribution in [0.3, 0.4) is 0 Å². The Labute approximate surface area is 98.5 Å². The molecule has 0 aliphatic heterocycles. The van der Waals surface area contributed by atoms with Crippen LogP contribution in [-0.2, 0) is 6.54 Å². The van der Waals surface area contributed by atoms with Crippen LogP contribution in [0.2, 0.25) is 0 Å². The van der Waals surface area contributed by atoms with E-state index < -0.39 is 0 Å². The van der Waals surface area contributed by atoms with Crippen molar-refractivity contribution in [2.24, 2.45) is 0 Å². The van der Waals surface area contributed by atoms with Crippen molar-refractivity contribution in [2.75, 3.05) is 11.1 Å². The quantitative estimate of drug-likeness (QED) is 0.829. The highest BCUT2D eigenvalue weighted by Crippen LogP contribution is 2.12. The van der Waals surface area contributed by atoms with Gasteiger partial charge in [0.05, 0.1) is 5.69 Å². The van der Waals surface area contributed by atoms with Gasteiger partial charge < -0.3 is 15.6 Å². The van der Waals surface area contributed by atoms with Crippen molar-refractivity contribution < 1.29 is 4.79 Å². The lowest BCUT2D eigenvalue weighted by atomic mass is 10.3. The molecule has 1 amide bonds. The van der Waals surface area contributed by atoms with Gasteiger partial charge in [0.25, 0.3) is 5.91 Å². The minimum Gasteiger partial charge on any atom is -0.397 e. The fourth-order valence-electron chi connectivity index (χ4n) is 1.53. The summed E-state index contributed by atoms with van der Waals surface area (Å²) in [4.78, 5) is 12.0. The lowest BCUT2D eigenvalue weighted by Crippen LogP contribution is -2.17. The summed E-state index contributed by atoms with van der Waals surface area (Å²) in [5, 5.41) is 10.1. The summed E-state index contributed by atoms with van der Waals surface area (Å²) in [6.07, 6.45) is 3.27. The largest absolute Gasteiger partial charge is 0.397 e. The van der Waals surface area contributed by atoms with Crippen molar-refractivity contribution in [3.8, 4) is 0 Å². The number of hydrogen-bond acceptors (Lipinski definition) is 4. The van der Waals surface area contributed by atoms with Crippen LogP contribution in [0.1, 0.15) is 17.4 Å². The summed E-state index contributed by atoms with van der Waals surface area (Å²) in [5.74, 6) is 0.170. The van der Waals surface area contributed by atoms with E-state index in [1.54, 1.807) is 35.2 Å². The summed E-state index contributed by atoms with van der Waals surface area (Å²) in [6, 6.07) is 5.01. The van der Waals surface area contributed by atoms with Crippen LogP contribution in [0.25, 0.3) is 0 Å². The highest BCUT2D eigenvalue weighted by Gasteiger charge is 2.12. The number of amides is 1. The van der Waals surface area contributed by atoms with E-state index in [9.17, 15) is 4.79 Å². The van der Waals surface area contributed by atoms with Crippen molar-refractivity contribution in [1.82, 2.24) is 14.8 Å². The van der Waals surface area contributed by atoms with Gasteiger partial charge >= 0.3 is 0 Å². The van der Waals surface area contributed by atoms with E-state index in [0.29, 0.717) is 23.7 Å². The normalized spacial score (nSPS) is 10.2. The van der Waals surface area contributed by atoms with Crippen molar-refractivity contribution in [3.63, 3.8) is 0 Å². The number of carbonyl (C=O) groups is 1. The molecule has 0 atom stereocenters. The van der Waals surface area contributed by atoms with Crippen molar-refractivity contribution in [1.29, 1.82) is 0 Å². The number of carbonyl (C=O) groups excluding carboxylic acids is 1. The lowest BCUT2D eigenvalue weighted by Gasteiger charge is -2.06. The molecule has 6 heteroatoms. The molecule has 0 fully saturated rings. The van der Waals surface area contributed by atoms with E-state index in [-0.39, 0.29) is 5.91 Å². The Hall–Kier alpha value is -2.37. The van der Waals surface area contributed by atoms with Crippen LogP contribution >= 0.6 is 0 Å². The van der Waals surface area contributed by atoms with Crippen molar-refractivity contribution in [3.05, 3.63) is 36.3 Å². The molecule has 0 aliphatic carbocycles. The van der Waals surface area contributed by atoms with Gasteiger partial charge in [-0.15, -0.1) is 5.10 Å². The average Bonchev–Trinajstić information content (AvgIpc) is 2.72. The molecule has 2 aromatic heterocycles. The van der Waals surface area contributed by atoms with Crippen LogP contribution in [0, 0.1) is 0 Å². The number of aromatic nitrogens is 3. The molecule has 0 spiro atoms. The number of nitrogen functional groups attached to an aromatic ring is 1. The number of anilines is 2. The van der Waals surface area contributed by atoms with Crippen LogP contribution in [0.5, 0.6) is 0 Å². The Morgan fingerprint density at radius 1 is 1.59 bits per heavy atom. The van der Waals surface area contributed by atoms with Gasteiger partial charge in [-0.1, -0.05) is 0 Å². The average molecular weight is 231 g/mol. The number of aryl methyl sites for hydroxylation is 1. The van der Waals surface area contributed by atoms with Gasteiger partial charge in [-0.2, -0.15) is 5.10 Å². The smallest absolute Gasteiger partial charge is 0.273 e. The Kier molecular flexibility index (Phi) is 3.04. The maximum absolute atomic E-state index is 12.0. The second-order valence-corrected chi connectivity index (χ2v) is 3.51. The molecule has 2 heterocycles. The zero-order valence-electron chi connectivity index (χ0n) is 9.42. The van der Waals surface area contributed by atoms with E-state index in [4.69, 9.17) is 5.73 Å². The molecule has 0 saturated carbocycles. The zero-order chi connectivity index (χ0) is 12.3. The van der Waals surface area contributed by atoms with Gasteiger partial charge in [-0.25, -0.2) is 0 Å². The second-order valence-electron chi connectivity index (χ2n) is 3.51. The molecule has 0 bridgehead atoms. The van der Waals surface area contributed by atoms with Gasteiger partial charge in [0.1, 0.15) is 5.69 Å². The molecule has 6 nitrogen and oxygen atoms in total. The fourth-order valence-corrected chi connectivity index (χ4v) is 1.53. The summed E-state index contributed by atoms with van der Waals surface area (Å²) in [5.41, 5.74) is 6.73. The fraction of sp³-hybridized carbons (Fsp3) is 0.182. The predicted molar refractivity (Wildman–Crippen MR) is 64.5 cm³/mol. The van der Waals surface area contributed by atoms with Gasteiger partial charge in [0.15, 0.2) is 5.82 Å². The zero-order valence-corrected chi connectivity index (χ0v) is 9.42. The maximum Gasteiger partial charge on any atom is 0.273 e. The molecule has 88 valence electrons. The van der Waals surface area contributed by atoms with Gasteiger partial charge in [0, 0.05) is 18.9 Å². The molecule has 0 unspecified atom stereocenters. The van der Waals surface area contributed by atoms with Gasteiger partial charge in [-0.05, 0) is 25.1 Å². The van der Waals surface area contributed by atoms with E-state index in [1.165, 1.54) is 0 Å². The molecule has 0 aromatic carbocycles. The van der Waals surface area contributed by atoms with Crippen LogP contribution in [-0.4, -0.2) is 20.7 Å². The second kappa shape index (κ2) is 4.65. The lowest BCUT2D eigenvalue weighted by molar-refractivity contribution is 0.101.